The lowest BCUT2D eigenvalue weighted by atomic mass is 9.98. The lowest BCUT2D eigenvalue weighted by molar-refractivity contribution is -0.137. The Hall–Kier alpha value is -4.47. The molecule has 3 aromatic heterocycles. The van der Waals surface area contributed by atoms with Crippen molar-refractivity contribution < 1.29 is 22.4 Å². The fraction of sp³-hybridized carbons (Fsp3) is 0.0417. The molecule has 0 radical (unpaired) electrons. The van der Waals surface area contributed by atoms with E-state index in [0.29, 0.717) is 28.2 Å². The smallest absolute Gasteiger partial charge is 0.322 e. The van der Waals surface area contributed by atoms with Gasteiger partial charge in [-0.1, -0.05) is 12.1 Å². The zero-order valence-electron chi connectivity index (χ0n) is 17.3. The number of carbonyl (C=O) groups excluding carboxylic acids is 1. The number of aromatic nitrogens is 4. The van der Waals surface area contributed by atoms with Crippen LogP contribution in [0.1, 0.15) is 15.9 Å². The largest absolute Gasteiger partial charge is 0.417 e. The first-order chi connectivity index (χ1) is 16.3. The molecule has 0 bridgehead atoms. The fourth-order valence-corrected chi connectivity index (χ4v) is 3.72. The molecule has 0 aliphatic carbocycles. The van der Waals surface area contributed by atoms with Crippen LogP contribution < -0.4 is 5.32 Å². The number of nitrogens with one attached hydrogen (secondary N) is 2. The number of aromatic amines is 1. The molecule has 0 saturated carbocycles. The molecule has 0 spiro atoms. The van der Waals surface area contributed by atoms with Crippen molar-refractivity contribution in [2.75, 3.05) is 5.32 Å². The normalized spacial score (nSPS) is 11.6. The second kappa shape index (κ2) is 8.14. The third-order valence-electron chi connectivity index (χ3n) is 5.28. The Labute approximate surface area is 189 Å². The summed E-state index contributed by atoms with van der Waals surface area (Å²) >= 11 is 0. The van der Waals surface area contributed by atoms with Crippen LogP contribution in [0.4, 0.5) is 23.2 Å². The molecule has 170 valence electrons. The molecule has 0 aliphatic rings. The Balaban J connectivity index is 1.60. The summed E-state index contributed by atoms with van der Waals surface area (Å²) in [5.41, 5.74) is 0.759. The number of fused-ring (bicyclic) bond motifs is 1. The van der Waals surface area contributed by atoms with Gasteiger partial charge in [0, 0.05) is 23.6 Å². The van der Waals surface area contributed by atoms with E-state index in [-0.39, 0.29) is 5.69 Å². The molecule has 10 heteroatoms. The van der Waals surface area contributed by atoms with Crippen LogP contribution in [-0.2, 0) is 6.18 Å². The van der Waals surface area contributed by atoms with E-state index in [1.54, 1.807) is 41.2 Å². The highest BCUT2D eigenvalue weighted by Crippen LogP contribution is 2.36. The number of pyridine rings is 1. The highest BCUT2D eigenvalue weighted by molar-refractivity contribution is 6.06. The van der Waals surface area contributed by atoms with E-state index in [1.807, 2.05) is 0 Å². The second-order valence-electron chi connectivity index (χ2n) is 7.44. The minimum Gasteiger partial charge on any atom is -0.322 e. The average Bonchev–Trinajstić information content (AvgIpc) is 3.49. The predicted molar refractivity (Wildman–Crippen MR) is 118 cm³/mol. The standard InChI is InChI=1S/C24H15F4N5O/c25-15-4-6-16(7-5-15)31-23(34)18-12-14(3-8-19(18)24(26,27)28)17-2-1-11-33-21(17)13-29-22(33)20-9-10-30-32-20/h1-13H,(H,30,32)(H,31,34). The van der Waals surface area contributed by atoms with Gasteiger partial charge < -0.3 is 5.32 Å². The molecule has 5 aromatic rings. The SMILES string of the molecule is O=C(Nc1ccc(F)cc1)c1cc(-c2cccn3c(-c4cc[nH]n4)ncc23)ccc1C(F)(F)F. The molecule has 2 N–H and O–H groups in total. The van der Waals surface area contributed by atoms with Gasteiger partial charge in [0.25, 0.3) is 5.91 Å². The fourth-order valence-electron chi connectivity index (χ4n) is 3.72. The first kappa shape index (κ1) is 21.4. The quantitative estimate of drug-likeness (QED) is 0.330. The second-order valence-corrected chi connectivity index (χ2v) is 7.44. The number of anilines is 1. The molecular weight excluding hydrogens is 450 g/mol. The molecule has 0 unspecified atom stereocenters. The molecule has 6 nitrogen and oxygen atoms in total. The van der Waals surface area contributed by atoms with E-state index in [1.165, 1.54) is 24.3 Å². The number of amides is 1. The summed E-state index contributed by atoms with van der Waals surface area (Å²) in [5.74, 6) is -0.933. The Kier molecular flexibility index (Phi) is 5.12. The van der Waals surface area contributed by atoms with Gasteiger partial charge in [0.05, 0.1) is 22.8 Å². The van der Waals surface area contributed by atoms with Crippen LogP contribution in [-0.4, -0.2) is 25.5 Å². The van der Waals surface area contributed by atoms with Crippen molar-refractivity contribution in [1.82, 2.24) is 19.6 Å². The Bertz CT molecular complexity index is 1490. The van der Waals surface area contributed by atoms with Crippen LogP contribution in [0.5, 0.6) is 0 Å². The van der Waals surface area contributed by atoms with Crippen LogP contribution in [0.2, 0.25) is 0 Å². The zero-order valence-corrected chi connectivity index (χ0v) is 17.3. The van der Waals surface area contributed by atoms with E-state index >= 15 is 0 Å². The van der Waals surface area contributed by atoms with Gasteiger partial charge in [-0.25, -0.2) is 9.37 Å². The van der Waals surface area contributed by atoms with Crippen molar-refractivity contribution in [2.45, 2.75) is 6.18 Å². The lowest BCUT2D eigenvalue weighted by Crippen LogP contribution is -2.19. The number of benzene rings is 2. The number of nitrogens with zero attached hydrogens (tertiary/aromatic N) is 3. The van der Waals surface area contributed by atoms with Crippen molar-refractivity contribution in [3.05, 3.63) is 96.2 Å². The number of rotatable bonds is 4. The molecule has 1 amide bonds. The number of alkyl halides is 3. The van der Waals surface area contributed by atoms with Crippen molar-refractivity contribution in [3.8, 4) is 22.6 Å². The highest BCUT2D eigenvalue weighted by atomic mass is 19.4. The van der Waals surface area contributed by atoms with Crippen LogP contribution in [0.25, 0.3) is 28.2 Å². The van der Waals surface area contributed by atoms with Crippen LogP contribution >= 0.6 is 0 Å². The first-order valence-electron chi connectivity index (χ1n) is 10.1. The van der Waals surface area contributed by atoms with Crippen LogP contribution in [0.3, 0.4) is 0 Å². The topological polar surface area (TPSA) is 75.1 Å². The van der Waals surface area contributed by atoms with Crippen molar-refractivity contribution in [3.63, 3.8) is 0 Å². The zero-order chi connectivity index (χ0) is 23.9. The number of carbonyl (C=O) groups is 1. The summed E-state index contributed by atoms with van der Waals surface area (Å²) in [4.78, 5) is 17.2. The maximum atomic E-state index is 13.7. The molecule has 2 aromatic carbocycles. The number of halogens is 4. The van der Waals surface area contributed by atoms with E-state index in [4.69, 9.17) is 0 Å². The van der Waals surface area contributed by atoms with Gasteiger partial charge in [0.15, 0.2) is 5.82 Å². The number of hydrogen-bond donors (Lipinski definition) is 2. The molecule has 0 atom stereocenters. The predicted octanol–water partition coefficient (Wildman–Crippen LogP) is 5.80. The van der Waals surface area contributed by atoms with Crippen molar-refractivity contribution >= 4 is 17.1 Å². The summed E-state index contributed by atoms with van der Waals surface area (Å²) < 4.78 is 56.0. The molecule has 5 rings (SSSR count). The summed E-state index contributed by atoms with van der Waals surface area (Å²) in [6, 6.07) is 13.3. The maximum Gasteiger partial charge on any atom is 0.417 e. The van der Waals surface area contributed by atoms with E-state index < -0.39 is 29.0 Å². The highest BCUT2D eigenvalue weighted by Gasteiger charge is 2.35. The lowest BCUT2D eigenvalue weighted by Gasteiger charge is -2.15. The molecule has 0 saturated heterocycles. The minimum atomic E-state index is -4.75. The van der Waals surface area contributed by atoms with Crippen LogP contribution in [0.15, 0.2) is 79.3 Å². The van der Waals surface area contributed by atoms with Crippen molar-refractivity contribution in [2.24, 2.45) is 0 Å². The molecule has 0 aliphatic heterocycles. The summed E-state index contributed by atoms with van der Waals surface area (Å²) in [6.07, 6.45) is 0.267. The van der Waals surface area contributed by atoms with Gasteiger partial charge >= 0.3 is 6.18 Å². The minimum absolute atomic E-state index is 0.173. The molecule has 34 heavy (non-hydrogen) atoms. The Morgan fingerprint density at radius 1 is 1.03 bits per heavy atom. The van der Waals surface area contributed by atoms with E-state index in [0.717, 1.165) is 18.2 Å². The van der Waals surface area contributed by atoms with Crippen LogP contribution in [0, 0.1) is 5.82 Å². The monoisotopic (exact) mass is 465 g/mol. The Morgan fingerprint density at radius 2 is 1.82 bits per heavy atom. The summed E-state index contributed by atoms with van der Waals surface area (Å²) in [6.45, 7) is 0. The molecular formula is C24H15F4N5O. The van der Waals surface area contributed by atoms with Gasteiger partial charge in [-0.15, -0.1) is 0 Å². The third kappa shape index (κ3) is 3.90. The number of H-pyrrole nitrogens is 1. The average molecular weight is 465 g/mol. The van der Waals surface area contributed by atoms with Gasteiger partial charge in [-0.05, 0) is 54.1 Å². The first-order valence-corrected chi connectivity index (χ1v) is 10.1. The van der Waals surface area contributed by atoms with Crippen molar-refractivity contribution in [1.29, 1.82) is 0 Å². The molecule has 0 fully saturated rings. The van der Waals surface area contributed by atoms with Gasteiger partial charge in [-0.2, -0.15) is 18.3 Å². The number of imidazole rings is 1. The maximum absolute atomic E-state index is 13.7. The summed E-state index contributed by atoms with van der Waals surface area (Å²) in [5, 5.41) is 9.24. The Morgan fingerprint density at radius 3 is 2.53 bits per heavy atom. The van der Waals surface area contributed by atoms with E-state index in [2.05, 4.69) is 20.5 Å². The van der Waals surface area contributed by atoms with Gasteiger partial charge in [0.1, 0.15) is 11.5 Å². The summed E-state index contributed by atoms with van der Waals surface area (Å²) in [7, 11) is 0. The third-order valence-corrected chi connectivity index (χ3v) is 5.28. The van der Waals surface area contributed by atoms with Gasteiger partial charge in [-0.3, -0.25) is 14.3 Å². The van der Waals surface area contributed by atoms with Gasteiger partial charge in [0.2, 0.25) is 0 Å². The number of hydrogen-bond acceptors (Lipinski definition) is 3. The molecule has 3 heterocycles. The van der Waals surface area contributed by atoms with E-state index in [9.17, 15) is 22.4 Å².